The Morgan fingerprint density at radius 1 is 1.19 bits per heavy atom. The maximum atomic E-state index is 13.2. The highest BCUT2D eigenvalue weighted by atomic mass is 16.3. The number of carbonyl (C=O) groups excluding carboxylic acids is 2. The highest BCUT2D eigenvalue weighted by Crippen LogP contribution is 2.48. The van der Waals surface area contributed by atoms with Gasteiger partial charge in [-0.15, -0.1) is 0 Å². The molecule has 0 bridgehead atoms. The van der Waals surface area contributed by atoms with E-state index in [9.17, 15) is 9.59 Å². The van der Waals surface area contributed by atoms with E-state index in [-0.39, 0.29) is 17.1 Å². The molecule has 1 aromatic heterocycles. The Bertz CT molecular complexity index is 967. The predicted octanol–water partition coefficient (Wildman–Crippen LogP) is 4.75. The monoisotopic (exact) mass is 364 g/mol. The van der Waals surface area contributed by atoms with Crippen LogP contribution in [-0.2, 0) is 9.59 Å². The van der Waals surface area contributed by atoms with Crippen molar-refractivity contribution in [3.63, 3.8) is 0 Å². The van der Waals surface area contributed by atoms with Crippen molar-refractivity contribution in [2.75, 3.05) is 10.2 Å². The minimum Gasteiger partial charge on any atom is -0.464 e. The summed E-state index contributed by atoms with van der Waals surface area (Å²) in [7, 11) is 0. The fraction of sp³-hybridized carbons (Fsp3) is 0.364. The van der Waals surface area contributed by atoms with E-state index in [0.717, 1.165) is 29.3 Å². The van der Waals surface area contributed by atoms with E-state index in [0.29, 0.717) is 17.8 Å². The SMILES string of the molecule is CC(=O)N1c2ccccc2NC2=C(C(=O)CC(C)(C)C2)[C@@H]1c1ccc(C)o1. The lowest BCUT2D eigenvalue weighted by Gasteiger charge is -2.35. The van der Waals surface area contributed by atoms with Crippen LogP contribution in [0.1, 0.15) is 51.2 Å². The van der Waals surface area contributed by atoms with Gasteiger partial charge in [0.2, 0.25) is 5.91 Å². The van der Waals surface area contributed by atoms with Crippen molar-refractivity contribution in [3.05, 3.63) is 59.2 Å². The van der Waals surface area contributed by atoms with E-state index in [1.807, 2.05) is 43.3 Å². The van der Waals surface area contributed by atoms with Gasteiger partial charge in [0, 0.05) is 24.6 Å². The third-order valence-electron chi connectivity index (χ3n) is 5.27. The van der Waals surface area contributed by atoms with Gasteiger partial charge in [0.25, 0.3) is 0 Å². The third kappa shape index (κ3) is 2.97. The summed E-state index contributed by atoms with van der Waals surface area (Å²) >= 11 is 0. The molecule has 2 aromatic rings. The van der Waals surface area contributed by atoms with Crippen LogP contribution in [0.5, 0.6) is 0 Å². The van der Waals surface area contributed by atoms with Crippen LogP contribution in [0, 0.1) is 12.3 Å². The van der Waals surface area contributed by atoms with E-state index < -0.39 is 6.04 Å². The molecule has 27 heavy (non-hydrogen) atoms. The minimum absolute atomic E-state index is 0.0619. The molecular formula is C22H24N2O3. The first kappa shape index (κ1) is 17.6. The van der Waals surface area contributed by atoms with E-state index >= 15 is 0 Å². The number of para-hydroxylation sites is 2. The zero-order chi connectivity index (χ0) is 19.3. The number of furan rings is 1. The molecule has 1 amide bonds. The average molecular weight is 364 g/mol. The fourth-order valence-electron chi connectivity index (χ4n) is 4.20. The van der Waals surface area contributed by atoms with Crippen LogP contribution in [-0.4, -0.2) is 11.7 Å². The van der Waals surface area contributed by atoms with Gasteiger partial charge in [-0.05, 0) is 43.0 Å². The lowest BCUT2D eigenvalue weighted by Crippen LogP contribution is -2.38. The lowest BCUT2D eigenvalue weighted by molar-refractivity contribution is -0.118. The number of anilines is 2. The number of allylic oxidation sites excluding steroid dienone is 1. The van der Waals surface area contributed by atoms with Gasteiger partial charge in [-0.1, -0.05) is 26.0 Å². The van der Waals surface area contributed by atoms with Crippen LogP contribution < -0.4 is 10.2 Å². The largest absolute Gasteiger partial charge is 0.464 e. The second-order valence-electron chi connectivity index (χ2n) is 8.22. The highest BCUT2D eigenvalue weighted by Gasteiger charge is 2.43. The average Bonchev–Trinajstić information content (AvgIpc) is 2.93. The van der Waals surface area contributed by atoms with Crippen LogP contribution in [0.4, 0.5) is 11.4 Å². The molecule has 0 radical (unpaired) electrons. The second kappa shape index (κ2) is 6.12. The number of aryl methyl sites for hydroxylation is 1. The fourth-order valence-corrected chi connectivity index (χ4v) is 4.20. The molecule has 1 aliphatic heterocycles. The van der Waals surface area contributed by atoms with E-state index in [1.54, 1.807) is 4.90 Å². The molecule has 0 saturated heterocycles. The van der Waals surface area contributed by atoms with E-state index in [2.05, 4.69) is 19.2 Å². The van der Waals surface area contributed by atoms with Crippen molar-refractivity contribution >= 4 is 23.1 Å². The number of rotatable bonds is 1. The number of fused-ring (bicyclic) bond motifs is 1. The van der Waals surface area contributed by atoms with Crippen LogP contribution in [0.15, 0.2) is 52.1 Å². The Morgan fingerprint density at radius 2 is 1.93 bits per heavy atom. The van der Waals surface area contributed by atoms with Crippen molar-refractivity contribution in [1.29, 1.82) is 0 Å². The number of ketones is 1. The van der Waals surface area contributed by atoms with Crippen molar-refractivity contribution in [2.45, 2.75) is 46.6 Å². The van der Waals surface area contributed by atoms with Crippen molar-refractivity contribution < 1.29 is 14.0 Å². The van der Waals surface area contributed by atoms with Gasteiger partial charge in [-0.25, -0.2) is 0 Å². The zero-order valence-corrected chi connectivity index (χ0v) is 16.1. The van der Waals surface area contributed by atoms with Gasteiger partial charge in [-0.2, -0.15) is 0 Å². The molecule has 1 aliphatic carbocycles. The molecular weight excluding hydrogens is 340 g/mol. The molecule has 1 aromatic carbocycles. The van der Waals surface area contributed by atoms with E-state index in [1.165, 1.54) is 6.92 Å². The molecule has 2 aliphatic rings. The molecule has 140 valence electrons. The van der Waals surface area contributed by atoms with Crippen molar-refractivity contribution in [3.8, 4) is 0 Å². The second-order valence-corrected chi connectivity index (χ2v) is 8.22. The normalized spacial score (nSPS) is 21.3. The number of carbonyl (C=O) groups is 2. The molecule has 0 spiro atoms. The zero-order valence-electron chi connectivity index (χ0n) is 16.1. The Hall–Kier alpha value is -2.82. The number of amides is 1. The first-order valence-electron chi connectivity index (χ1n) is 9.25. The number of Topliss-reactive ketones (excluding diaryl/α,β-unsaturated/α-hetero) is 1. The third-order valence-corrected chi connectivity index (χ3v) is 5.27. The van der Waals surface area contributed by atoms with Crippen LogP contribution in [0.2, 0.25) is 0 Å². The van der Waals surface area contributed by atoms with Gasteiger partial charge in [0.1, 0.15) is 17.6 Å². The van der Waals surface area contributed by atoms with Gasteiger partial charge in [0.15, 0.2) is 5.78 Å². The maximum Gasteiger partial charge on any atom is 0.224 e. The summed E-state index contributed by atoms with van der Waals surface area (Å²) in [4.78, 5) is 27.6. The highest BCUT2D eigenvalue weighted by molar-refractivity contribution is 6.05. The van der Waals surface area contributed by atoms with Crippen molar-refractivity contribution in [1.82, 2.24) is 0 Å². The topological polar surface area (TPSA) is 62.6 Å². The summed E-state index contributed by atoms with van der Waals surface area (Å²) in [6.07, 6.45) is 1.19. The number of hydrogen-bond acceptors (Lipinski definition) is 4. The Morgan fingerprint density at radius 3 is 2.59 bits per heavy atom. The number of hydrogen-bond donors (Lipinski definition) is 1. The molecule has 1 N–H and O–H groups in total. The van der Waals surface area contributed by atoms with Crippen molar-refractivity contribution in [2.24, 2.45) is 5.41 Å². The number of nitrogens with one attached hydrogen (secondary N) is 1. The maximum absolute atomic E-state index is 13.2. The summed E-state index contributed by atoms with van der Waals surface area (Å²) < 4.78 is 5.92. The van der Waals surface area contributed by atoms with Crippen LogP contribution in [0.25, 0.3) is 0 Å². The minimum atomic E-state index is -0.564. The predicted molar refractivity (Wildman–Crippen MR) is 104 cm³/mol. The summed E-state index contributed by atoms with van der Waals surface area (Å²) in [5, 5.41) is 3.46. The standard InChI is InChI=1S/C22H24N2O3/c1-13-9-10-19(27-13)21-20-16(11-22(3,4)12-18(20)26)23-15-7-5-6-8-17(15)24(21)14(2)25/h5-10,21,23H,11-12H2,1-4H3/t21-/m0/s1. The summed E-state index contributed by atoms with van der Waals surface area (Å²) in [6, 6.07) is 10.8. The Balaban J connectivity index is 2.00. The molecule has 0 saturated carbocycles. The Kier molecular flexibility index (Phi) is 3.98. The molecule has 5 heteroatoms. The molecule has 5 nitrogen and oxygen atoms in total. The Labute approximate surface area is 159 Å². The van der Waals surface area contributed by atoms with Gasteiger partial charge in [-0.3, -0.25) is 14.5 Å². The molecule has 1 atom stereocenters. The van der Waals surface area contributed by atoms with Crippen LogP contribution >= 0.6 is 0 Å². The van der Waals surface area contributed by atoms with Crippen LogP contribution in [0.3, 0.4) is 0 Å². The smallest absolute Gasteiger partial charge is 0.224 e. The molecule has 0 fully saturated rings. The first-order chi connectivity index (χ1) is 12.8. The van der Waals surface area contributed by atoms with E-state index in [4.69, 9.17) is 4.42 Å². The number of nitrogens with zero attached hydrogens (tertiary/aromatic N) is 1. The quantitative estimate of drug-likeness (QED) is 0.793. The number of benzene rings is 1. The summed E-state index contributed by atoms with van der Waals surface area (Å²) in [6.45, 7) is 7.60. The van der Waals surface area contributed by atoms with Gasteiger partial charge in [0.05, 0.1) is 11.4 Å². The molecule has 4 rings (SSSR count). The summed E-state index contributed by atoms with van der Waals surface area (Å²) in [5.41, 5.74) is 2.97. The lowest BCUT2D eigenvalue weighted by atomic mass is 9.74. The first-order valence-corrected chi connectivity index (χ1v) is 9.25. The van der Waals surface area contributed by atoms with Gasteiger partial charge < -0.3 is 9.73 Å². The molecule has 2 heterocycles. The summed E-state index contributed by atoms with van der Waals surface area (Å²) in [5.74, 6) is 1.30. The molecule has 0 unspecified atom stereocenters. The van der Waals surface area contributed by atoms with Gasteiger partial charge >= 0.3 is 0 Å².